The maximum Gasteiger partial charge on any atom is 0.220 e. The Labute approximate surface area is 74.5 Å². The number of carbonyl (C=O) groups is 1. The predicted octanol–water partition coefficient (Wildman–Crippen LogP) is 1.93. The number of carbonyl (C=O) groups excluding carboxylic acids is 1. The Hall–Kier alpha value is -0.530. The molecule has 2 atom stereocenters. The zero-order valence-corrected chi connectivity index (χ0v) is 8.05. The number of amides is 1. The van der Waals surface area contributed by atoms with Crippen molar-refractivity contribution in [1.82, 2.24) is 0 Å². The second kappa shape index (κ2) is 3.92. The van der Waals surface area contributed by atoms with Gasteiger partial charge in [-0.1, -0.05) is 26.7 Å². The van der Waals surface area contributed by atoms with Crippen LogP contribution < -0.4 is 5.73 Å². The lowest BCUT2D eigenvalue weighted by atomic mass is 9.76. The van der Waals surface area contributed by atoms with Crippen molar-refractivity contribution >= 4 is 5.91 Å². The van der Waals surface area contributed by atoms with Crippen LogP contribution in [0, 0.1) is 17.8 Å². The highest BCUT2D eigenvalue weighted by Crippen LogP contribution is 2.33. The average Bonchev–Trinajstić information content (AvgIpc) is 2.04. The van der Waals surface area contributed by atoms with E-state index in [1.165, 1.54) is 12.8 Å². The van der Waals surface area contributed by atoms with Crippen LogP contribution in [0.5, 0.6) is 0 Å². The molecule has 0 aromatic heterocycles. The molecule has 0 unspecified atom stereocenters. The summed E-state index contributed by atoms with van der Waals surface area (Å²) in [5.41, 5.74) is 5.29. The average molecular weight is 169 g/mol. The lowest BCUT2D eigenvalue weighted by Crippen LogP contribution is -2.30. The quantitative estimate of drug-likeness (QED) is 0.674. The standard InChI is InChI=1S/C10H19NO/c1-7(2)8-4-3-5-9(6-8)10(11)12/h7-9H,3-6H2,1-2H3,(H2,11,12)/t8-,9+/m1/s1. The maximum absolute atomic E-state index is 10.9. The van der Waals surface area contributed by atoms with E-state index >= 15 is 0 Å². The number of hydrogen-bond acceptors (Lipinski definition) is 1. The zero-order valence-electron chi connectivity index (χ0n) is 8.05. The number of nitrogens with two attached hydrogens (primary N) is 1. The van der Waals surface area contributed by atoms with Gasteiger partial charge in [-0.3, -0.25) is 4.79 Å². The molecule has 1 aliphatic rings. The van der Waals surface area contributed by atoms with Gasteiger partial charge in [0.2, 0.25) is 5.91 Å². The van der Waals surface area contributed by atoms with E-state index in [0.717, 1.165) is 18.8 Å². The van der Waals surface area contributed by atoms with Crippen molar-refractivity contribution in [3.8, 4) is 0 Å². The Bertz CT molecular complexity index is 165. The SMILES string of the molecule is CC(C)[C@@H]1CCC[C@H](C(N)=O)C1. The Morgan fingerprint density at radius 3 is 2.58 bits per heavy atom. The monoisotopic (exact) mass is 169 g/mol. The molecule has 0 saturated heterocycles. The van der Waals surface area contributed by atoms with Crippen molar-refractivity contribution in [2.24, 2.45) is 23.5 Å². The molecule has 1 rings (SSSR count). The highest BCUT2D eigenvalue weighted by atomic mass is 16.1. The van der Waals surface area contributed by atoms with Crippen LogP contribution in [0.4, 0.5) is 0 Å². The molecule has 0 spiro atoms. The van der Waals surface area contributed by atoms with Crippen molar-refractivity contribution in [3.63, 3.8) is 0 Å². The molecule has 0 heterocycles. The molecular formula is C10H19NO. The van der Waals surface area contributed by atoms with Gasteiger partial charge in [0.05, 0.1) is 0 Å². The van der Waals surface area contributed by atoms with E-state index in [1.807, 2.05) is 0 Å². The van der Waals surface area contributed by atoms with Gasteiger partial charge in [-0.25, -0.2) is 0 Å². The Balaban J connectivity index is 2.46. The summed E-state index contributed by atoms with van der Waals surface area (Å²) in [5, 5.41) is 0. The maximum atomic E-state index is 10.9. The fourth-order valence-electron chi connectivity index (χ4n) is 2.09. The summed E-state index contributed by atoms with van der Waals surface area (Å²) in [7, 11) is 0. The Morgan fingerprint density at radius 1 is 1.42 bits per heavy atom. The van der Waals surface area contributed by atoms with E-state index in [9.17, 15) is 4.79 Å². The van der Waals surface area contributed by atoms with E-state index in [4.69, 9.17) is 5.73 Å². The second-order valence-corrected chi connectivity index (χ2v) is 4.27. The van der Waals surface area contributed by atoms with Crippen LogP contribution in [0.2, 0.25) is 0 Å². The van der Waals surface area contributed by atoms with Crippen molar-refractivity contribution in [1.29, 1.82) is 0 Å². The molecule has 2 heteroatoms. The minimum Gasteiger partial charge on any atom is -0.369 e. The van der Waals surface area contributed by atoms with Crippen molar-refractivity contribution in [2.75, 3.05) is 0 Å². The summed E-state index contributed by atoms with van der Waals surface area (Å²) >= 11 is 0. The Morgan fingerprint density at radius 2 is 2.08 bits per heavy atom. The van der Waals surface area contributed by atoms with E-state index in [2.05, 4.69) is 13.8 Å². The van der Waals surface area contributed by atoms with Crippen LogP contribution in [0.25, 0.3) is 0 Å². The molecule has 1 saturated carbocycles. The molecule has 70 valence electrons. The van der Waals surface area contributed by atoms with E-state index in [0.29, 0.717) is 5.92 Å². The van der Waals surface area contributed by atoms with Gasteiger partial charge in [-0.05, 0) is 24.7 Å². The summed E-state index contributed by atoms with van der Waals surface area (Å²) in [6.07, 6.45) is 4.49. The lowest BCUT2D eigenvalue weighted by Gasteiger charge is -2.29. The first-order valence-electron chi connectivity index (χ1n) is 4.90. The molecule has 0 aromatic carbocycles. The van der Waals surface area contributed by atoms with Gasteiger partial charge in [0, 0.05) is 5.92 Å². The summed E-state index contributed by atoms with van der Waals surface area (Å²) in [6, 6.07) is 0. The summed E-state index contributed by atoms with van der Waals surface area (Å²) < 4.78 is 0. The highest BCUT2D eigenvalue weighted by Gasteiger charge is 2.26. The fraction of sp³-hybridized carbons (Fsp3) is 0.900. The van der Waals surface area contributed by atoms with E-state index in [-0.39, 0.29) is 11.8 Å². The molecule has 12 heavy (non-hydrogen) atoms. The fourth-order valence-corrected chi connectivity index (χ4v) is 2.09. The first kappa shape index (κ1) is 9.56. The molecule has 1 fully saturated rings. The van der Waals surface area contributed by atoms with Gasteiger partial charge >= 0.3 is 0 Å². The van der Waals surface area contributed by atoms with Gasteiger partial charge in [-0.2, -0.15) is 0 Å². The highest BCUT2D eigenvalue weighted by molar-refractivity contribution is 5.76. The van der Waals surface area contributed by atoms with Crippen molar-refractivity contribution in [2.45, 2.75) is 39.5 Å². The predicted molar refractivity (Wildman–Crippen MR) is 49.5 cm³/mol. The van der Waals surface area contributed by atoms with Gasteiger partial charge < -0.3 is 5.73 Å². The molecule has 0 radical (unpaired) electrons. The first-order valence-corrected chi connectivity index (χ1v) is 4.90. The molecule has 0 aromatic rings. The smallest absolute Gasteiger partial charge is 0.220 e. The largest absolute Gasteiger partial charge is 0.369 e. The third kappa shape index (κ3) is 2.23. The van der Waals surface area contributed by atoms with Gasteiger partial charge in [0.15, 0.2) is 0 Å². The topological polar surface area (TPSA) is 43.1 Å². The van der Waals surface area contributed by atoms with Gasteiger partial charge in [-0.15, -0.1) is 0 Å². The van der Waals surface area contributed by atoms with Gasteiger partial charge in [0.1, 0.15) is 0 Å². The van der Waals surface area contributed by atoms with E-state index < -0.39 is 0 Å². The van der Waals surface area contributed by atoms with Crippen molar-refractivity contribution in [3.05, 3.63) is 0 Å². The van der Waals surface area contributed by atoms with Crippen LogP contribution in [0.3, 0.4) is 0 Å². The third-order valence-corrected chi connectivity index (χ3v) is 3.06. The van der Waals surface area contributed by atoms with Crippen LogP contribution in [0.15, 0.2) is 0 Å². The first-order chi connectivity index (χ1) is 5.61. The summed E-state index contributed by atoms with van der Waals surface area (Å²) in [5.74, 6) is 1.48. The molecule has 0 aliphatic heterocycles. The number of primary amides is 1. The van der Waals surface area contributed by atoms with Gasteiger partial charge in [0.25, 0.3) is 0 Å². The molecule has 2 nitrogen and oxygen atoms in total. The molecule has 1 amide bonds. The summed E-state index contributed by atoms with van der Waals surface area (Å²) in [4.78, 5) is 10.9. The van der Waals surface area contributed by atoms with Crippen LogP contribution in [-0.2, 0) is 4.79 Å². The molecule has 1 aliphatic carbocycles. The third-order valence-electron chi connectivity index (χ3n) is 3.06. The molecular weight excluding hydrogens is 150 g/mol. The zero-order chi connectivity index (χ0) is 9.14. The van der Waals surface area contributed by atoms with E-state index in [1.54, 1.807) is 0 Å². The van der Waals surface area contributed by atoms with Crippen LogP contribution >= 0.6 is 0 Å². The minimum absolute atomic E-state index is 0.0969. The summed E-state index contributed by atoms with van der Waals surface area (Å²) in [6.45, 7) is 4.46. The van der Waals surface area contributed by atoms with Crippen LogP contribution in [0.1, 0.15) is 39.5 Å². The second-order valence-electron chi connectivity index (χ2n) is 4.27. The molecule has 2 N–H and O–H groups in total. The minimum atomic E-state index is -0.0969. The lowest BCUT2D eigenvalue weighted by molar-refractivity contribution is -0.123. The number of rotatable bonds is 2. The van der Waals surface area contributed by atoms with Crippen molar-refractivity contribution < 1.29 is 4.79 Å². The number of hydrogen-bond donors (Lipinski definition) is 1. The normalized spacial score (nSPS) is 30.6. The van der Waals surface area contributed by atoms with Crippen LogP contribution in [-0.4, -0.2) is 5.91 Å². The Kier molecular flexibility index (Phi) is 3.12. The molecule has 0 bridgehead atoms.